The molecular formula is C17H19BrO. The molecule has 0 saturated carbocycles. The van der Waals surface area contributed by atoms with E-state index in [-0.39, 0.29) is 0 Å². The van der Waals surface area contributed by atoms with Crippen molar-refractivity contribution in [3.05, 3.63) is 69.7 Å². The number of unbranched alkanes of at least 4 members (excludes halogenated alkanes) is 1. The fourth-order valence-electron chi connectivity index (χ4n) is 2.12. The highest BCUT2D eigenvalue weighted by atomic mass is 79.9. The van der Waals surface area contributed by atoms with Crippen molar-refractivity contribution in [3.63, 3.8) is 0 Å². The molecule has 1 atom stereocenters. The van der Waals surface area contributed by atoms with Crippen LogP contribution in [-0.4, -0.2) is 5.11 Å². The lowest BCUT2D eigenvalue weighted by molar-refractivity contribution is 0.219. The average molecular weight is 319 g/mol. The lowest BCUT2D eigenvalue weighted by Gasteiger charge is -2.13. The van der Waals surface area contributed by atoms with Crippen LogP contribution in [0.3, 0.4) is 0 Å². The second-order valence-corrected chi connectivity index (χ2v) is 5.62. The van der Waals surface area contributed by atoms with Crippen LogP contribution in [0.2, 0.25) is 0 Å². The molecule has 19 heavy (non-hydrogen) atoms. The van der Waals surface area contributed by atoms with Crippen molar-refractivity contribution in [3.8, 4) is 0 Å². The summed E-state index contributed by atoms with van der Waals surface area (Å²) in [4.78, 5) is 0. The van der Waals surface area contributed by atoms with Gasteiger partial charge < -0.3 is 5.11 Å². The summed E-state index contributed by atoms with van der Waals surface area (Å²) in [5.41, 5.74) is 3.18. The third-order valence-electron chi connectivity index (χ3n) is 3.31. The van der Waals surface area contributed by atoms with Crippen LogP contribution in [0.15, 0.2) is 53.0 Å². The number of aliphatic hydroxyl groups is 1. The molecule has 0 aliphatic carbocycles. The Morgan fingerprint density at radius 2 is 1.74 bits per heavy atom. The second kappa shape index (κ2) is 6.88. The molecule has 1 N–H and O–H groups in total. The number of hydrogen-bond donors (Lipinski definition) is 1. The van der Waals surface area contributed by atoms with Gasteiger partial charge in [0.2, 0.25) is 0 Å². The molecule has 2 aromatic carbocycles. The van der Waals surface area contributed by atoms with E-state index in [0.29, 0.717) is 0 Å². The van der Waals surface area contributed by atoms with Crippen LogP contribution >= 0.6 is 15.9 Å². The van der Waals surface area contributed by atoms with Gasteiger partial charge in [0.15, 0.2) is 0 Å². The number of aryl methyl sites for hydroxylation is 1. The van der Waals surface area contributed by atoms with Crippen LogP contribution in [-0.2, 0) is 6.42 Å². The molecule has 0 saturated heterocycles. The Morgan fingerprint density at radius 3 is 2.37 bits per heavy atom. The van der Waals surface area contributed by atoms with Crippen LogP contribution < -0.4 is 0 Å². The Balaban J connectivity index is 2.16. The predicted octanol–water partition coefficient (Wildman–Crippen LogP) is 4.87. The standard InChI is InChI=1S/C17H19BrO/c1-2-3-6-13-9-11-14(12-10-13)17(19)15-7-4-5-8-16(15)18/h4-5,7-12,17,19H,2-3,6H2,1H3/t17-/m0/s1. The van der Waals surface area contributed by atoms with Gasteiger partial charge >= 0.3 is 0 Å². The van der Waals surface area contributed by atoms with Crippen molar-refractivity contribution < 1.29 is 5.11 Å². The first-order chi connectivity index (χ1) is 9.22. The Bertz CT molecular complexity index is 519. The molecule has 0 spiro atoms. The molecule has 0 aromatic heterocycles. The first-order valence-corrected chi connectivity index (χ1v) is 7.53. The molecule has 0 aliphatic heterocycles. The summed E-state index contributed by atoms with van der Waals surface area (Å²) in [6.45, 7) is 2.20. The largest absolute Gasteiger partial charge is 0.384 e. The van der Waals surface area contributed by atoms with Gasteiger partial charge in [-0.2, -0.15) is 0 Å². The van der Waals surface area contributed by atoms with Gasteiger partial charge in [-0.1, -0.05) is 71.7 Å². The molecule has 0 bridgehead atoms. The quantitative estimate of drug-likeness (QED) is 0.833. The molecule has 0 amide bonds. The maximum absolute atomic E-state index is 10.4. The van der Waals surface area contributed by atoms with Gasteiger partial charge in [0, 0.05) is 4.47 Å². The van der Waals surface area contributed by atoms with Gasteiger partial charge in [-0.05, 0) is 35.6 Å². The zero-order chi connectivity index (χ0) is 13.7. The summed E-state index contributed by atoms with van der Waals surface area (Å²) in [5.74, 6) is 0. The number of benzene rings is 2. The van der Waals surface area contributed by atoms with E-state index in [4.69, 9.17) is 0 Å². The highest BCUT2D eigenvalue weighted by Gasteiger charge is 2.12. The fourth-order valence-corrected chi connectivity index (χ4v) is 2.63. The van der Waals surface area contributed by atoms with Crippen molar-refractivity contribution in [2.24, 2.45) is 0 Å². The minimum absolute atomic E-state index is 0.573. The van der Waals surface area contributed by atoms with E-state index in [1.54, 1.807) is 0 Å². The van der Waals surface area contributed by atoms with Crippen LogP contribution in [0.25, 0.3) is 0 Å². The monoisotopic (exact) mass is 318 g/mol. The van der Waals surface area contributed by atoms with Crippen molar-refractivity contribution in [1.82, 2.24) is 0 Å². The fraction of sp³-hybridized carbons (Fsp3) is 0.294. The number of aliphatic hydroxyl groups excluding tert-OH is 1. The Hall–Kier alpha value is -1.12. The van der Waals surface area contributed by atoms with E-state index in [2.05, 4.69) is 35.0 Å². The van der Waals surface area contributed by atoms with E-state index < -0.39 is 6.10 Å². The van der Waals surface area contributed by atoms with Crippen LogP contribution in [0.5, 0.6) is 0 Å². The molecule has 2 heteroatoms. The van der Waals surface area contributed by atoms with E-state index in [1.165, 1.54) is 18.4 Å². The molecule has 100 valence electrons. The average Bonchev–Trinajstić information content (AvgIpc) is 2.45. The maximum atomic E-state index is 10.4. The maximum Gasteiger partial charge on any atom is 0.105 e. The van der Waals surface area contributed by atoms with E-state index in [9.17, 15) is 5.11 Å². The third-order valence-corrected chi connectivity index (χ3v) is 4.04. The highest BCUT2D eigenvalue weighted by molar-refractivity contribution is 9.10. The van der Waals surface area contributed by atoms with Crippen LogP contribution in [0.1, 0.15) is 42.6 Å². The van der Waals surface area contributed by atoms with E-state index >= 15 is 0 Å². The smallest absolute Gasteiger partial charge is 0.105 e. The van der Waals surface area contributed by atoms with Crippen molar-refractivity contribution in [2.75, 3.05) is 0 Å². The summed E-state index contributed by atoms with van der Waals surface area (Å²) in [7, 11) is 0. The predicted molar refractivity (Wildman–Crippen MR) is 83.3 cm³/mol. The second-order valence-electron chi connectivity index (χ2n) is 4.77. The Labute approximate surface area is 123 Å². The van der Waals surface area contributed by atoms with Gasteiger partial charge in [-0.25, -0.2) is 0 Å². The summed E-state index contributed by atoms with van der Waals surface area (Å²) in [5, 5.41) is 10.4. The normalized spacial score (nSPS) is 12.4. The minimum Gasteiger partial charge on any atom is -0.384 e. The van der Waals surface area contributed by atoms with E-state index in [0.717, 1.165) is 22.0 Å². The lowest BCUT2D eigenvalue weighted by atomic mass is 9.99. The molecule has 0 radical (unpaired) electrons. The molecule has 0 unspecified atom stereocenters. The summed E-state index contributed by atoms with van der Waals surface area (Å²) in [6.07, 6.45) is 2.96. The number of halogens is 1. The third kappa shape index (κ3) is 3.68. The number of hydrogen-bond acceptors (Lipinski definition) is 1. The molecular weight excluding hydrogens is 300 g/mol. The minimum atomic E-state index is -0.573. The molecule has 0 aliphatic rings. The molecule has 1 nitrogen and oxygen atoms in total. The van der Waals surface area contributed by atoms with Gasteiger partial charge in [0.05, 0.1) is 0 Å². The van der Waals surface area contributed by atoms with Crippen molar-refractivity contribution in [1.29, 1.82) is 0 Å². The summed E-state index contributed by atoms with van der Waals surface area (Å²) < 4.78 is 0.942. The SMILES string of the molecule is CCCCc1ccc([C@H](O)c2ccccc2Br)cc1. The molecule has 2 aromatic rings. The summed E-state index contributed by atoms with van der Waals surface area (Å²) in [6, 6.07) is 16.1. The van der Waals surface area contributed by atoms with E-state index in [1.807, 2.05) is 36.4 Å². The van der Waals surface area contributed by atoms with Gasteiger partial charge in [0.1, 0.15) is 6.10 Å². The Morgan fingerprint density at radius 1 is 1.05 bits per heavy atom. The van der Waals surface area contributed by atoms with Gasteiger partial charge in [-0.15, -0.1) is 0 Å². The molecule has 0 fully saturated rings. The lowest BCUT2D eigenvalue weighted by Crippen LogP contribution is -2.00. The Kier molecular flexibility index (Phi) is 5.17. The summed E-state index contributed by atoms with van der Waals surface area (Å²) >= 11 is 3.48. The van der Waals surface area contributed by atoms with Crippen LogP contribution in [0, 0.1) is 0 Å². The van der Waals surface area contributed by atoms with Gasteiger partial charge in [-0.3, -0.25) is 0 Å². The first kappa shape index (κ1) is 14.3. The van der Waals surface area contributed by atoms with Gasteiger partial charge in [0.25, 0.3) is 0 Å². The van der Waals surface area contributed by atoms with Crippen molar-refractivity contribution >= 4 is 15.9 Å². The molecule has 2 rings (SSSR count). The van der Waals surface area contributed by atoms with Crippen molar-refractivity contribution in [2.45, 2.75) is 32.3 Å². The zero-order valence-corrected chi connectivity index (χ0v) is 12.7. The van der Waals surface area contributed by atoms with Crippen LogP contribution in [0.4, 0.5) is 0 Å². The first-order valence-electron chi connectivity index (χ1n) is 6.73. The highest BCUT2D eigenvalue weighted by Crippen LogP contribution is 2.28. The zero-order valence-electron chi connectivity index (χ0n) is 11.1. The number of rotatable bonds is 5. The molecule has 0 heterocycles. The topological polar surface area (TPSA) is 20.2 Å².